The number of aliphatic hydroxyl groups excluding tert-OH is 1. The Morgan fingerprint density at radius 1 is 1.18 bits per heavy atom. The molecule has 0 aliphatic carbocycles. The summed E-state index contributed by atoms with van der Waals surface area (Å²) >= 11 is 0. The lowest BCUT2D eigenvalue weighted by molar-refractivity contribution is -0.127. The van der Waals surface area contributed by atoms with Crippen LogP contribution in [0.4, 0.5) is 11.5 Å². The third kappa shape index (κ3) is 4.91. The van der Waals surface area contributed by atoms with Crippen LogP contribution in [0.15, 0.2) is 36.4 Å². The lowest BCUT2D eigenvalue weighted by Crippen LogP contribution is -2.51. The summed E-state index contributed by atoms with van der Waals surface area (Å²) in [4.78, 5) is 28.0. The molecule has 3 aliphatic heterocycles. The number of anilines is 2. The summed E-state index contributed by atoms with van der Waals surface area (Å²) in [5.74, 6) is 0.758. The lowest BCUT2D eigenvalue weighted by Gasteiger charge is -2.37. The summed E-state index contributed by atoms with van der Waals surface area (Å²) in [7, 11) is 1.69. The molecular weight excluding hydrogens is 506 g/mol. The van der Waals surface area contributed by atoms with E-state index in [1.165, 1.54) is 26.9 Å². The molecule has 1 unspecified atom stereocenters. The Bertz CT molecular complexity index is 1470. The van der Waals surface area contributed by atoms with E-state index in [1.807, 2.05) is 0 Å². The average Bonchev–Trinajstić information content (AvgIpc) is 3.21. The second-order valence-electron chi connectivity index (χ2n) is 11.0. The number of likely N-dealkylation sites (N-methyl/N-ethyl adjacent to an activating group) is 1. The Hall–Kier alpha value is -3.94. The molecule has 0 saturated carbocycles. The molecule has 1 aromatic heterocycles. The maximum atomic E-state index is 12.1. The molecule has 3 atom stereocenters. The van der Waals surface area contributed by atoms with Crippen molar-refractivity contribution >= 4 is 28.2 Å². The Balaban J connectivity index is 1.34. The highest BCUT2D eigenvalue weighted by molar-refractivity contribution is 5.97. The summed E-state index contributed by atoms with van der Waals surface area (Å²) in [6, 6.07) is 15.0. The van der Waals surface area contributed by atoms with E-state index in [9.17, 15) is 15.2 Å². The number of piperazine rings is 1. The summed E-state index contributed by atoms with van der Waals surface area (Å²) < 4.78 is 6.09. The summed E-state index contributed by atoms with van der Waals surface area (Å²) in [6.45, 7) is 5.95. The number of hydrogen-bond donors (Lipinski definition) is 2. The molecule has 208 valence electrons. The standard InChI is InChI=1S/C30H35N7O3/c1-19-5-3-6-20-7-4-8-24(28(19)20)36-13-10-22-23(17-36)33-30(40-18-25-26(38)15-27(39)35(25)2)34-29(22)37-14-12-32-21(16-37)9-11-31/h3-8,21,25-26,32,38H,9-10,12-18H2,1-2H3/t21-,25?,26+/m0/s1. The smallest absolute Gasteiger partial charge is 0.318 e. The van der Waals surface area contributed by atoms with Gasteiger partial charge in [0, 0.05) is 55.9 Å². The third-order valence-electron chi connectivity index (χ3n) is 8.45. The lowest BCUT2D eigenvalue weighted by atomic mass is 9.99. The predicted octanol–water partition coefficient (Wildman–Crippen LogP) is 2.16. The molecule has 0 spiro atoms. The number of ether oxygens (including phenoxy) is 1. The van der Waals surface area contributed by atoms with Gasteiger partial charge in [0.1, 0.15) is 12.4 Å². The van der Waals surface area contributed by atoms with Gasteiger partial charge in [-0.25, -0.2) is 0 Å². The highest BCUT2D eigenvalue weighted by Gasteiger charge is 2.37. The van der Waals surface area contributed by atoms with E-state index < -0.39 is 12.1 Å². The van der Waals surface area contributed by atoms with Gasteiger partial charge < -0.3 is 29.9 Å². The van der Waals surface area contributed by atoms with Crippen LogP contribution in [0.3, 0.4) is 0 Å². The van der Waals surface area contributed by atoms with Crippen molar-refractivity contribution in [1.29, 1.82) is 5.26 Å². The third-order valence-corrected chi connectivity index (χ3v) is 8.45. The molecular formula is C30H35N7O3. The quantitative estimate of drug-likeness (QED) is 0.484. The largest absolute Gasteiger partial charge is 0.461 e. The first-order valence-corrected chi connectivity index (χ1v) is 14.0. The van der Waals surface area contributed by atoms with E-state index in [0.717, 1.165) is 43.1 Å². The summed E-state index contributed by atoms with van der Waals surface area (Å²) in [5, 5.41) is 25.5. The summed E-state index contributed by atoms with van der Waals surface area (Å²) in [5.41, 5.74) is 4.47. The Morgan fingerprint density at radius 2 is 2.00 bits per heavy atom. The molecule has 4 heterocycles. The highest BCUT2D eigenvalue weighted by atomic mass is 16.5. The normalized spacial score (nSPS) is 22.9. The second-order valence-corrected chi connectivity index (χ2v) is 11.0. The summed E-state index contributed by atoms with van der Waals surface area (Å²) in [6.07, 6.45) is 0.542. The minimum Gasteiger partial charge on any atom is -0.461 e. The van der Waals surface area contributed by atoms with Gasteiger partial charge in [-0.05, 0) is 30.4 Å². The van der Waals surface area contributed by atoms with Gasteiger partial charge in [-0.1, -0.05) is 30.3 Å². The van der Waals surface area contributed by atoms with Gasteiger partial charge in [0.05, 0.1) is 43.3 Å². The number of carbonyl (C=O) groups excluding carboxylic acids is 1. The zero-order chi connectivity index (χ0) is 27.8. The van der Waals surface area contributed by atoms with Crippen molar-refractivity contribution in [2.24, 2.45) is 0 Å². The van der Waals surface area contributed by atoms with Crippen molar-refractivity contribution < 1.29 is 14.6 Å². The zero-order valence-electron chi connectivity index (χ0n) is 23.0. The van der Waals surface area contributed by atoms with Gasteiger partial charge in [0.25, 0.3) is 0 Å². The predicted molar refractivity (Wildman–Crippen MR) is 152 cm³/mol. The van der Waals surface area contributed by atoms with Crippen molar-refractivity contribution in [3.8, 4) is 12.1 Å². The van der Waals surface area contributed by atoms with Gasteiger partial charge >= 0.3 is 6.01 Å². The molecule has 2 fully saturated rings. The number of aromatic nitrogens is 2. The number of likely N-dealkylation sites (tertiary alicyclic amines) is 1. The molecule has 0 bridgehead atoms. The maximum absolute atomic E-state index is 12.1. The van der Waals surface area contributed by atoms with Crippen LogP contribution in [0.25, 0.3) is 10.8 Å². The highest BCUT2D eigenvalue weighted by Crippen LogP contribution is 2.35. The molecule has 10 nitrogen and oxygen atoms in total. The number of nitriles is 1. The topological polar surface area (TPSA) is 118 Å². The fourth-order valence-corrected chi connectivity index (χ4v) is 6.24. The molecule has 3 aliphatic rings. The van der Waals surface area contributed by atoms with Crippen LogP contribution in [0.1, 0.15) is 29.7 Å². The molecule has 2 aromatic carbocycles. The number of amides is 1. The molecule has 2 N–H and O–H groups in total. The second kappa shape index (κ2) is 10.9. The van der Waals surface area contributed by atoms with E-state index >= 15 is 0 Å². The van der Waals surface area contributed by atoms with Gasteiger partial charge in [-0.2, -0.15) is 15.2 Å². The minimum atomic E-state index is -0.778. The molecule has 10 heteroatoms. The number of aryl methyl sites for hydroxylation is 1. The number of benzene rings is 2. The van der Waals surface area contributed by atoms with Crippen molar-refractivity contribution in [3.63, 3.8) is 0 Å². The molecule has 6 rings (SSSR count). The van der Waals surface area contributed by atoms with Crippen molar-refractivity contribution in [1.82, 2.24) is 20.2 Å². The Kier molecular flexibility index (Phi) is 7.17. The van der Waals surface area contributed by atoms with Crippen LogP contribution in [0, 0.1) is 18.3 Å². The van der Waals surface area contributed by atoms with Crippen LogP contribution in [-0.2, 0) is 17.8 Å². The maximum Gasteiger partial charge on any atom is 0.318 e. The van der Waals surface area contributed by atoms with Crippen LogP contribution in [0.5, 0.6) is 6.01 Å². The van der Waals surface area contributed by atoms with E-state index in [1.54, 1.807) is 7.05 Å². The van der Waals surface area contributed by atoms with E-state index in [0.29, 0.717) is 19.5 Å². The van der Waals surface area contributed by atoms with Crippen LogP contribution >= 0.6 is 0 Å². The number of nitrogens with zero attached hydrogens (tertiary/aromatic N) is 6. The number of aliphatic hydroxyl groups is 1. The molecule has 1 amide bonds. The van der Waals surface area contributed by atoms with Gasteiger partial charge in [0.15, 0.2) is 0 Å². The van der Waals surface area contributed by atoms with Gasteiger partial charge in [-0.3, -0.25) is 4.79 Å². The Labute approximate surface area is 234 Å². The van der Waals surface area contributed by atoms with Crippen LogP contribution < -0.4 is 19.9 Å². The number of carbonyl (C=O) groups is 1. The fraction of sp³-hybridized carbons (Fsp3) is 0.467. The van der Waals surface area contributed by atoms with E-state index in [4.69, 9.17) is 14.7 Å². The SMILES string of the molecule is Cc1cccc2cccc(N3CCc4c(nc(OCC5[C@H](O)CC(=O)N5C)nc4N4CCN[C@@H](CC#N)C4)C3)c12. The average molecular weight is 542 g/mol. The molecule has 0 radical (unpaired) electrons. The first-order valence-electron chi connectivity index (χ1n) is 14.0. The number of fused-ring (bicyclic) bond motifs is 2. The fourth-order valence-electron chi connectivity index (χ4n) is 6.24. The minimum absolute atomic E-state index is 0.0702. The van der Waals surface area contributed by atoms with Gasteiger partial charge in [0.2, 0.25) is 5.91 Å². The zero-order valence-corrected chi connectivity index (χ0v) is 23.0. The van der Waals surface area contributed by atoms with E-state index in [-0.39, 0.29) is 31.0 Å². The van der Waals surface area contributed by atoms with Crippen molar-refractivity contribution in [2.75, 3.05) is 49.6 Å². The van der Waals surface area contributed by atoms with Crippen molar-refractivity contribution in [2.45, 2.75) is 50.9 Å². The van der Waals surface area contributed by atoms with E-state index in [2.05, 4.69) is 64.5 Å². The number of hydrogen-bond acceptors (Lipinski definition) is 9. The van der Waals surface area contributed by atoms with Crippen molar-refractivity contribution in [3.05, 3.63) is 53.2 Å². The molecule has 2 saturated heterocycles. The van der Waals surface area contributed by atoms with Crippen LogP contribution in [0.2, 0.25) is 0 Å². The first-order chi connectivity index (χ1) is 19.4. The van der Waals surface area contributed by atoms with Gasteiger partial charge in [-0.15, -0.1) is 0 Å². The molecule has 40 heavy (non-hydrogen) atoms. The number of rotatable bonds is 6. The number of nitrogens with one attached hydrogen (secondary N) is 1. The first kappa shape index (κ1) is 26.3. The monoisotopic (exact) mass is 541 g/mol. The Morgan fingerprint density at radius 3 is 2.77 bits per heavy atom. The molecule has 3 aromatic rings. The van der Waals surface area contributed by atoms with Crippen LogP contribution in [-0.4, -0.2) is 83.9 Å².